The van der Waals surface area contributed by atoms with Gasteiger partial charge in [0, 0.05) is 31.8 Å². The Bertz CT molecular complexity index is 1500. The highest BCUT2D eigenvalue weighted by Crippen LogP contribution is 2.32. The number of carbonyl (C=O) groups excluding carboxylic acids is 1. The van der Waals surface area contributed by atoms with Crippen LogP contribution in [0.5, 0.6) is 0 Å². The molecule has 3 aromatic rings. The number of carbonyl (C=O) groups is 2. The van der Waals surface area contributed by atoms with Gasteiger partial charge in [0.1, 0.15) is 6.04 Å². The molecule has 0 aliphatic carbocycles. The highest BCUT2D eigenvalue weighted by molar-refractivity contribution is 7.98. The van der Waals surface area contributed by atoms with Crippen LogP contribution in [-0.2, 0) is 25.9 Å². The Morgan fingerprint density at radius 1 is 1.07 bits per heavy atom. The number of aliphatic carboxylic acids is 1. The number of methoxy groups -OCH3 is 1. The molecule has 8 nitrogen and oxygen atoms in total. The Labute approximate surface area is 252 Å². The molecule has 1 fully saturated rings. The maximum absolute atomic E-state index is 13.4. The summed E-state index contributed by atoms with van der Waals surface area (Å²) in [6, 6.07) is 20.8. The van der Waals surface area contributed by atoms with Gasteiger partial charge in [0.05, 0.1) is 16.8 Å². The molecule has 10 heteroatoms. The lowest BCUT2D eigenvalue weighted by Gasteiger charge is -2.24. The molecule has 3 unspecified atom stereocenters. The number of aryl methyl sites for hydroxylation is 1. The van der Waals surface area contributed by atoms with Crippen molar-refractivity contribution in [1.82, 2.24) is 10.2 Å². The molecule has 0 radical (unpaired) electrons. The van der Waals surface area contributed by atoms with Crippen LogP contribution in [0.15, 0.2) is 77.7 Å². The maximum Gasteiger partial charge on any atom is 0.326 e. The standard InChI is InChI=1S/C32H38N2O6S2/c1-22-9-7-8-12-27(22)29-17-23(13-14-28(29)31(35)33-30(32(36)37)15-16-41-3)19-34-20-26(18-24(34)21-40-2)42(38,39)25-10-5-4-6-11-25/h4-14,17,24,26,30H,15-16,18-21H2,1-3H3,(H,33,35)(H,36,37). The number of carboxylic acids is 1. The number of thioether (sulfide) groups is 1. The second-order valence-corrected chi connectivity index (χ2v) is 13.8. The lowest BCUT2D eigenvalue weighted by Crippen LogP contribution is -2.41. The molecule has 0 bridgehead atoms. The van der Waals surface area contributed by atoms with Crippen LogP contribution < -0.4 is 5.32 Å². The second-order valence-electron chi connectivity index (χ2n) is 10.6. The van der Waals surface area contributed by atoms with Crippen LogP contribution in [0.2, 0.25) is 0 Å². The van der Waals surface area contributed by atoms with E-state index in [1.165, 1.54) is 11.8 Å². The third kappa shape index (κ3) is 7.42. The van der Waals surface area contributed by atoms with Crippen LogP contribution >= 0.6 is 11.8 Å². The zero-order valence-electron chi connectivity index (χ0n) is 24.2. The fraction of sp³-hybridized carbons (Fsp3) is 0.375. The van der Waals surface area contributed by atoms with Gasteiger partial charge in [-0.1, -0.05) is 48.5 Å². The average Bonchev–Trinajstić information content (AvgIpc) is 3.38. The summed E-state index contributed by atoms with van der Waals surface area (Å²) in [4.78, 5) is 27.7. The van der Waals surface area contributed by atoms with Gasteiger partial charge in [-0.15, -0.1) is 0 Å². The van der Waals surface area contributed by atoms with Crippen LogP contribution in [0.1, 0.15) is 34.3 Å². The first-order valence-corrected chi connectivity index (χ1v) is 16.8. The van der Waals surface area contributed by atoms with E-state index in [0.717, 1.165) is 16.7 Å². The number of likely N-dealkylation sites (tertiary alicyclic amines) is 1. The van der Waals surface area contributed by atoms with Crippen LogP contribution in [0.3, 0.4) is 0 Å². The monoisotopic (exact) mass is 610 g/mol. The van der Waals surface area contributed by atoms with Gasteiger partial charge >= 0.3 is 5.97 Å². The van der Waals surface area contributed by atoms with Crippen molar-refractivity contribution in [3.8, 4) is 11.1 Å². The molecule has 2 N–H and O–H groups in total. The second kappa shape index (κ2) is 14.3. The summed E-state index contributed by atoms with van der Waals surface area (Å²) < 4.78 is 32.3. The number of rotatable bonds is 13. The van der Waals surface area contributed by atoms with Crippen molar-refractivity contribution in [2.24, 2.45) is 0 Å². The van der Waals surface area contributed by atoms with Crippen molar-refractivity contribution < 1.29 is 27.9 Å². The molecule has 224 valence electrons. The first-order chi connectivity index (χ1) is 20.1. The summed E-state index contributed by atoms with van der Waals surface area (Å²) in [6.07, 6.45) is 2.68. The minimum Gasteiger partial charge on any atom is -0.480 e. The Morgan fingerprint density at radius 3 is 2.45 bits per heavy atom. The van der Waals surface area contributed by atoms with Crippen molar-refractivity contribution in [3.63, 3.8) is 0 Å². The van der Waals surface area contributed by atoms with Gasteiger partial charge in [-0.2, -0.15) is 11.8 Å². The molecule has 1 aliphatic rings. The fourth-order valence-corrected chi connectivity index (χ4v) is 7.73. The largest absolute Gasteiger partial charge is 0.480 e. The quantitative estimate of drug-likeness (QED) is 0.287. The molecule has 0 aromatic heterocycles. The third-order valence-corrected chi connectivity index (χ3v) is 10.5. The molecule has 1 heterocycles. The number of ether oxygens (including phenoxy) is 1. The normalized spacial score (nSPS) is 18.1. The van der Waals surface area contributed by atoms with Crippen molar-refractivity contribution in [2.75, 3.05) is 32.3 Å². The molecule has 42 heavy (non-hydrogen) atoms. The summed E-state index contributed by atoms with van der Waals surface area (Å²) in [5, 5.41) is 11.8. The number of benzene rings is 3. The highest BCUT2D eigenvalue weighted by atomic mass is 32.2. The minimum atomic E-state index is -3.51. The molecular formula is C32H38N2O6S2. The van der Waals surface area contributed by atoms with E-state index in [4.69, 9.17) is 4.74 Å². The lowest BCUT2D eigenvalue weighted by atomic mass is 9.93. The highest BCUT2D eigenvalue weighted by Gasteiger charge is 2.40. The van der Waals surface area contributed by atoms with Gasteiger partial charge in [-0.25, -0.2) is 13.2 Å². The zero-order valence-corrected chi connectivity index (χ0v) is 25.8. The molecule has 1 aliphatic heterocycles. The first-order valence-electron chi connectivity index (χ1n) is 13.9. The van der Waals surface area contributed by atoms with Gasteiger partial charge < -0.3 is 15.2 Å². The van der Waals surface area contributed by atoms with Gasteiger partial charge in [-0.05, 0) is 78.3 Å². The van der Waals surface area contributed by atoms with E-state index < -0.39 is 33.0 Å². The molecule has 4 rings (SSSR count). The van der Waals surface area contributed by atoms with E-state index in [1.54, 1.807) is 43.5 Å². The topological polar surface area (TPSA) is 113 Å². The zero-order chi connectivity index (χ0) is 30.3. The lowest BCUT2D eigenvalue weighted by molar-refractivity contribution is -0.139. The van der Waals surface area contributed by atoms with Gasteiger partial charge in [0.25, 0.3) is 5.91 Å². The molecular weight excluding hydrogens is 572 g/mol. The van der Waals surface area contributed by atoms with Crippen LogP contribution in [-0.4, -0.2) is 79.9 Å². The van der Waals surface area contributed by atoms with Gasteiger partial charge in [0.15, 0.2) is 9.84 Å². The molecule has 0 spiro atoms. The predicted octanol–water partition coefficient (Wildman–Crippen LogP) is 4.66. The molecule has 1 amide bonds. The molecule has 0 saturated carbocycles. The van der Waals surface area contributed by atoms with E-state index in [2.05, 4.69) is 10.2 Å². The smallest absolute Gasteiger partial charge is 0.326 e. The Kier molecular flexibility index (Phi) is 10.8. The van der Waals surface area contributed by atoms with Crippen molar-refractivity contribution >= 4 is 33.5 Å². The number of nitrogens with one attached hydrogen (secondary N) is 1. The molecule has 1 saturated heterocycles. The van der Waals surface area contributed by atoms with E-state index in [-0.39, 0.29) is 6.04 Å². The minimum absolute atomic E-state index is 0.0869. The maximum atomic E-state index is 13.4. The van der Waals surface area contributed by atoms with Crippen molar-refractivity contribution in [2.45, 2.75) is 48.5 Å². The molecule has 3 aromatic carbocycles. The SMILES string of the molecule is COCC1CC(S(=O)(=O)c2ccccc2)CN1Cc1ccc(C(=O)NC(CCSC)C(=O)O)c(-c2ccccc2C)c1. The van der Waals surface area contributed by atoms with Crippen LogP contribution in [0.4, 0.5) is 0 Å². The van der Waals surface area contributed by atoms with Crippen LogP contribution in [0.25, 0.3) is 11.1 Å². The van der Waals surface area contributed by atoms with Crippen molar-refractivity contribution in [3.05, 3.63) is 89.5 Å². The number of carboxylic acid groups (broad SMARTS) is 1. The van der Waals surface area contributed by atoms with E-state index in [1.807, 2.05) is 49.6 Å². The van der Waals surface area contributed by atoms with E-state index in [0.29, 0.717) is 54.3 Å². The molecule has 3 atom stereocenters. The van der Waals surface area contributed by atoms with E-state index in [9.17, 15) is 23.1 Å². The van der Waals surface area contributed by atoms with Gasteiger partial charge in [0.2, 0.25) is 0 Å². The number of hydrogen-bond acceptors (Lipinski definition) is 7. The summed E-state index contributed by atoms with van der Waals surface area (Å²) >= 11 is 1.53. The predicted molar refractivity (Wildman–Crippen MR) is 167 cm³/mol. The summed E-state index contributed by atoms with van der Waals surface area (Å²) in [6.45, 7) is 3.21. The Morgan fingerprint density at radius 2 is 1.79 bits per heavy atom. The average molecular weight is 611 g/mol. The fourth-order valence-electron chi connectivity index (χ4n) is 5.47. The summed E-state index contributed by atoms with van der Waals surface area (Å²) in [5.74, 6) is -0.897. The Hall–Kier alpha value is -3.18. The summed E-state index contributed by atoms with van der Waals surface area (Å²) in [7, 11) is -1.90. The third-order valence-electron chi connectivity index (χ3n) is 7.72. The number of hydrogen-bond donors (Lipinski definition) is 2. The van der Waals surface area contributed by atoms with Crippen molar-refractivity contribution in [1.29, 1.82) is 0 Å². The van der Waals surface area contributed by atoms with Crippen LogP contribution in [0, 0.1) is 6.92 Å². The number of nitrogens with zero attached hydrogens (tertiary/aromatic N) is 1. The summed E-state index contributed by atoms with van der Waals surface area (Å²) in [5.41, 5.74) is 3.87. The van der Waals surface area contributed by atoms with E-state index >= 15 is 0 Å². The van der Waals surface area contributed by atoms with Gasteiger partial charge in [-0.3, -0.25) is 9.69 Å². The first kappa shape index (κ1) is 31.7. The number of amides is 1. The number of sulfone groups is 1. The Balaban J connectivity index is 1.64.